The molecule has 26 heavy (non-hydrogen) atoms. The number of amides is 2. The van der Waals surface area contributed by atoms with Gasteiger partial charge in [-0.3, -0.25) is 9.59 Å². The van der Waals surface area contributed by atoms with Crippen LogP contribution in [0.25, 0.3) is 0 Å². The fourth-order valence-corrected chi connectivity index (χ4v) is 3.55. The van der Waals surface area contributed by atoms with Crippen LogP contribution in [0.5, 0.6) is 5.75 Å². The van der Waals surface area contributed by atoms with E-state index in [1.807, 2.05) is 0 Å². The molecule has 134 valence electrons. The summed E-state index contributed by atoms with van der Waals surface area (Å²) in [6, 6.07) is 6.95. The van der Waals surface area contributed by atoms with Gasteiger partial charge >= 0.3 is 0 Å². The minimum atomic E-state index is -0.431. The molecule has 2 heterocycles. The Balaban J connectivity index is 1.79. The summed E-state index contributed by atoms with van der Waals surface area (Å²) in [6.45, 7) is 0. The van der Waals surface area contributed by atoms with Crippen molar-refractivity contribution in [3.05, 3.63) is 35.7 Å². The Morgan fingerprint density at radius 1 is 1.23 bits per heavy atom. The van der Waals surface area contributed by atoms with Crippen molar-refractivity contribution in [2.45, 2.75) is 9.24 Å². The molecule has 0 atom stereocenters. The van der Waals surface area contributed by atoms with E-state index in [2.05, 4.69) is 35.6 Å². The topological polar surface area (TPSA) is 135 Å². The Bertz CT molecular complexity index is 940. The predicted octanol–water partition coefficient (Wildman–Crippen LogP) is 1.43. The van der Waals surface area contributed by atoms with Crippen molar-refractivity contribution in [2.75, 3.05) is 19.5 Å². The minimum Gasteiger partial charge on any atom is -0.497 e. The van der Waals surface area contributed by atoms with Crippen LogP contribution in [0.3, 0.4) is 0 Å². The zero-order valence-corrected chi connectivity index (χ0v) is 15.3. The van der Waals surface area contributed by atoms with Crippen LogP contribution in [-0.2, 0) is 0 Å². The number of benzene rings is 1. The number of hydrogen-bond donors (Lipinski definition) is 3. The summed E-state index contributed by atoms with van der Waals surface area (Å²) in [5.41, 5.74) is 0.824. The van der Waals surface area contributed by atoms with Crippen LogP contribution < -0.4 is 15.4 Å². The van der Waals surface area contributed by atoms with Crippen molar-refractivity contribution in [1.82, 2.24) is 30.3 Å². The van der Waals surface area contributed by atoms with E-state index in [1.54, 1.807) is 31.4 Å². The first-order valence-electron chi connectivity index (χ1n) is 7.20. The number of aromatic nitrogens is 5. The van der Waals surface area contributed by atoms with Crippen molar-refractivity contribution in [2.24, 2.45) is 0 Å². The van der Waals surface area contributed by atoms with Gasteiger partial charge in [-0.15, -0.1) is 15.3 Å². The van der Waals surface area contributed by atoms with E-state index in [9.17, 15) is 9.59 Å². The van der Waals surface area contributed by atoms with Gasteiger partial charge in [0, 0.05) is 18.8 Å². The maximum absolute atomic E-state index is 12.5. The summed E-state index contributed by atoms with van der Waals surface area (Å²) in [6.07, 6.45) is 0. The summed E-state index contributed by atoms with van der Waals surface area (Å²) < 4.78 is 9.44. The average molecular weight is 391 g/mol. The summed E-state index contributed by atoms with van der Waals surface area (Å²) >= 11 is 2.11. The molecule has 0 aliphatic rings. The van der Waals surface area contributed by atoms with E-state index in [4.69, 9.17) is 4.74 Å². The van der Waals surface area contributed by atoms with Crippen LogP contribution in [-0.4, -0.2) is 51.0 Å². The summed E-state index contributed by atoms with van der Waals surface area (Å²) in [7, 11) is 3.04. The molecule has 10 nitrogen and oxygen atoms in total. The number of nitrogens with zero attached hydrogens (tertiary/aromatic N) is 4. The molecule has 3 rings (SSSR count). The van der Waals surface area contributed by atoms with Gasteiger partial charge < -0.3 is 15.4 Å². The standard InChI is InChI=1S/C14H13N7O3S2/c1-15-11(22)9-13(19-20-17-9)25-14-10(18-21-26-14)12(23)16-7-4-3-5-8(6-7)24-2/h3-6H,1-2H3,(H,15,22)(H,16,23)(H,17,19,20). The Morgan fingerprint density at radius 3 is 2.85 bits per heavy atom. The van der Waals surface area contributed by atoms with Crippen LogP contribution in [0.2, 0.25) is 0 Å². The molecular weight excluding hydrogens is 378 g/mol. The van der Waals surface area contributed by atoms with Gasteiger partial charge in [-0.05, 0) is 23.7 Å². The molecule has 0 bridgehead atoms. The van der Waals surface area contributed by atoms with E-state index >= 15 is 0 Å². The first-order valence-corrected chi connectivity index (χ1v) is 8.79. The molecule has 3 aromatic rings. The maximum Gasteiger partial charge on any atom is 0.278 e. The lowest BCUT2D eigenvalue weighted by atomic mass is 10.3. The maximum atomic E-state index is 12.5. The van der Waals surface area contributed by atoms with Crippen LogP contribution >= 0.6 is 23.3 Å². The second kappa shape index (κ2) is 7.93. The molecule has 0 saturated carbocycles. The van der Waals surface area contributed by atoms with Gasteiger partial charge in [0.1, 0.15) is 9.96 Å². The van der Waals surface area contributed by atoms with Gasteiger partial charge in [0.15, 0.2) is 16.4 Å². The Hall–Kier alpha value is -2.99. The Morgan fingerprint density at radius 2 is 2.08 bits per heavy atom. The van der Waals surface area contributed by atoms with E-state index in [0.717, 1.165) is 23.3 Å². The van der Waals surface area contributed by atoms with Crippen molar-refractivity contribution < 1.29 is 14.3 Å². The van der Waals surface area contributed by atoms with E-state index in [0.29, 0.717) is 20.7 Å². The lowest BCUT2D eigenvalue weighted by molar-refractivity contribution is 0.0954. The molecule has 2 amide bonds. The fourth-order valence-electron chi connectivity index (χ4n) is 1.93. The van der Waals surface area contributed by atoms with Gasteiger partial charge in [0.25, 0.3) is 11.8 Å². The van der Waals surface area contributed by atoms with Gasteiger partial charge in [-0.2, -0.15) is 5.21 Å². The van der Waals surface area contributed by atoms with Gasteiger partial charge in [-0.1, -0.05) is 22.3 Å². The smallest absolute Gasteiger partial charge is 0.278 e. The number of aromatic amines is 1. The van der Waals surface area contributed by atoms with E-state index in [1.165, 1.54) is 7.05 Å². The highest BCUT2D eigenvalue weighted by Crippen LogP contribution is 2.33. The summed E-state index contributed by atoms with van der Waals surface area (Å²) in [5.74, 6) is -0.202. The number of carbonyl (C=O) groups excluding carboxylic acids is 2. The molecule has 3 N–H and O–H groups in total. The fraction of sp³-hybridized carbons (Fsp3) is 0.143. The predicted molar refractivity (Wildman–Crippen MR) is 94.8 cm³/mol. The number of carbonyl (C=O) groups is 2. The molecule has 0 fully saturated rings. The highest BCUT2D eigenvalue weighted by molar-refractivity contribution is 8.01. The molecule has 0 aliphatic heterocycles. The zero-order chi connectivity index (χ0) is 18.5. The number of H-pyrrole nitrogens is 1. The molecular formula is C14H13N7O3S2. The quantitative estimate of drug-likeness (QED) is 0.574. The average Bonchev–Trinajstić information content (AvgIpc) is 3.31. The monoisotopic (exact) mass is 391 g/mol. The van der Waals surface area contributed by atoms with Gasteiger partial charge in [-0.25, -0.2) is 0 Å². The van der Waals surface area contributed by atoms with Gasteiger partial charge in [0.2, 0.25) is 0 Å². The third kappa shape index (κ3) is 3.81. The van der Waals surface area contributed by atoms with Crippen molar-refractivity contribution >= 4 is 40.8 Å². The molecule has 0 aliphatic carbocycles. The minimum absolute atomic E-state index is 0.130. The number of anilines is 1. The summed E-state index contributed by atoms with van der Waals surface area (Å²) in [4.78, 5) is 24.3. The molecule has 0 radical (unpaired) electrons. The zero-order valence-electron chi connectivity index (χ0n) is 13.6. The highest BCUT2D eigenvalue weighted by Gasteiger charge is 2.22. The molecule has 12 heteroatoms. The number of ether oxygens (including phenoxy) is 1. The SMILES string of the molecule is CNC(=O)c1n[nH]nc1Sc1snnc1C(=O)Nc1cccc(OC)c1. The number of nitrogens with one attached hydrogen (secondary N) is 3. The largest absolute Gasteiger partial charge is 0.497 e. The first-order chi connectivity index (χ1) is 12.6. The Kier molecular flexibility index (Phi) is 5.43. The normalized spacial score (nSPS) is 10.4. The second-order valence-corrected chi connectivity index (χ2v) is 6.77. The molecule has 1 aromatic carbocycles. The molecule has 0 unspecified atom stereocenters. The van der Waals surface area contributed by atoms with E-state index < -0.39 is 5.91 Å². The van der Waals surface area contributed by atoms with Crippen molar-refractivity contribution in [3.63, 3.8) is 0 Å². The number of methoxy groups -OCH3 is 1. The highest BCUT2D eigenvalue weighted by atomic mass is 32.2. The van der Waals surface area contributed by atoms with Crippen LogP contribution in [0, 0.1) is 0 Å². The van der Waals surface area contributed by atoms with Crippen LogP contribution in [0.15, 0.2) is 33.5 Å². The molecule has 2 aromatic heterocycles. The first kappa shape index (κ1) is 17.8. The second-order valence-electron chi connectivity index (χ2n) is 4.75. The van der Waals surface area contributed by atoms with Crippen molar-refractivity contribution in [1.29, 1.82) is 0 Å². The lowest BCUT2D eigenvalue weighted by Gasteiger charge is -2.06. The van der Waals surface area contributed by atoms with Crippen LogP contribution in [0.4, 0.5) is 5.69 Å². The molecule has 0 saturated heterocycles. The van der Waals surface area contributed by atoms with Crippen molar-refractivity contribution in [3.8, 4) is 5.75 Å². The third-order valence-corrected chi connectivity index (χ3v) is 5.00. The molecule has 0 spiro atoms. The van der Waals surface area contributed by atoms with Crippen LogP contribution in [0.1, 0.15) is 21.0 Å². The van der Waals surface area contributed by atoms with Gasteiger partial charge in [0.05, 0.1) is 7.11 Å². The summed E-state index contributed by atoms with van der Waals surface area (Å²) in [5, 5.41) is 19.6. The number of hydrogen-bond acceptors (Lipinski definition) is 9. The Labute approximate surface area is 155 Å². The third-order valence-electron chi connectivity index (χ3n) is 3.15. The number of rotatable bonds is 6. The van der Waals surface area contributed by atoms with E-state index in [-0.39, 0.29) is 17.3 Å². The lowest BCUT2D eigenvalue weighted by Crippen LogP contribution is -2.19.